The first-order valence-corrected chi connectivity index (χ1v) is 5.84. The van der Waals surface area contributed by atoms with Crippen LogP contribution in [0.3, 0.4) is 0 Å². The van der Waals surface area contributed by atoms with Crippen molar-refractivity contribution in [3.63, 3.8) is 0 Å². The molecule has 1 aromatic rings. The molecular formula is C11H16NOZr. The molecule has 0 saturated heterocycles. The summed E-state index contributed by atoms with van der Waals surface area (Å²) < 4.78 is 8.67. The molecule has 3 heteroatoms. The van der Waals surface area contributed by atoms with Gasteiger partial charge in [-0.2, -0.15) is 0 Å². The van der Waals surface area contributed by atoms with Crippen molar-refractivity contribution in [2.75, 3.05) is 10.4 Å². The van der Waals surface area contributed by atoms with Crippen molar-refractivity contribution in [1.82, 2.24) is 0 Å². The van der Waals surface area contributed by atoms with Crippen molar-refractivity contribution in [2.45, 2.75) is 26.2 Å². The number of benzene rings is 1. The quantitative estimate of drug-likeness (QED) is 0.891. The second-order valence-electron chi connectivity index (χ2n) is 4.26. The fourth-order valence-electron chi connectivity index (χ4n) is 1.45. The van der Waals surface area contributed by atoms with E-state index in [9.17, 15) is 0 Å². The third kappa shape index (κ3) is 2.39. The van der Waals surface area contributed by atoms with Crippen molar-refractivity contribution >= 4 is 5.69 Å². The predicted octanol–water partition coefficient (Wildman–Crippen LogP) is 2.87. The Kier molecular flexibility index (Phi) is 3.77. The average Bonchev–Trinajstić information content (AvgIpc) is 2.15. The van der Waals surface area contributed by atoms with E-state index < -0.39 is 0 Å². The molecule has 0 bridgehead atoms. The maximum atomic E-state index is 5.45. The normalized spacial score (nSPS) is 11.1. The van der Waals surface area contributed by atoms with Gasteiger partial charge in [0.25, 0.3) is 0 Å². The molecule has 0 fully saturated rings. The zero-order valence-corrected chi connectivity index (χ0v) is 11.6. The van der Waals surface area contributed by atoms with Crippen LogP contribution >= 0.6 is 0 Å². The van der Waals surface area contributed by atoms with Crippen LogP contribution in [0.4, 0.5) is 5.69 Å². The summed E-state index contributed by atoms with van der Waals surface area (Å²) in [5.41, 5.74) is 2.44. The third-order valence-electron chi connectivity index (χ3n) is 2.16. The summed E-state index contributed by atoms with van der Waals surface area (Å²) in [6.07, 6.45) is 0. The third-order valence-corrected chi connectivity index (χ3v) is 2.82. The topological polar surface area (TPSA) is 21.3 Å². The number of para-hydroxylation sites is 1. The Hall–Kier alpha value is -0.297. The molecule has 0 aliphatic carbocycles. The van der Waals surface area contributed by atoms with Gasteiger partial charge in [-0.15, -0.1) is 0 Å². The van der Waals surface area contributed by atoms with Crippen LogP contribution in [0.2, 0.25) is 0 Å². The standard InChI is InChI=1S/C11H16NO.Zr/c1-11(2,3)8-6-5-7-9(12)10(8)13-4;/h5-7,12H,1-4H3;/q-1;+1. The first kappa shape index (κ1) is 11.8. The van der Waals surface area contributed by atoms with E-state index in [-0.39, 0.29) is 5.41 Å². The molecule has 1 N–H and O–H groups in total. The van der Waals surface area contributed by atoms with Gasteiger partial charge in [-0.3, -0.25) is 0 Å². The van der Waals surface area contributed by atoms with Gasteiger partial charge in [-0.1, -0.05) is 0 Å². The minimum atomic E-state index is 0.119. The van der Waals surface area contributed by atoms with E-state index in [1.165, 1.54) is 30.6 Å². The van der Waals surface area contributed by atoms with Crippen molar-refractivity contribution in [3.05, 3.63) is 23.8 Å². The van der Waals surface area contributed by atoms with Crippen LogP contribution < -0.4 is 8.00 Å². The van der Waals surface area contributed by atoms with E-state index in [0.717, 1.165) is 11.4 Å². The molecule has 0 aliphatic rings. The van der Waals surface area contributed by atoms with Gasteiger partial charge in [-0.25, -0.2) is 0 Å². The Balaban J connectivity index is 3.29. The summed E-state index contributed by atoms with van der Waals surface area (Å²) in [4.78, 5) is 0. The van der Waals surface area contributed by atoms with Gasteiger partial charge in [0.15, 0.2) is 0 Å². The first-order chi connectivity index (χ1) is 6.50. The molecule has 1 rings (SSSR count). The average molecular weight is 269 g/mol. The SMILES string of the molecule is COc1c([NH][Zr])cccc1C(C)(C)C. The summed E-state index contributed by atoms with van der Waals surface area (Å²) in [5.74, 6) is 0.969. The molecule has 0 aromatic heterocycles. The molecule has 0 amide bonds. The summed E-state index contributed by atoms with van der Waals surface area (Å²) in [6, 6.07) is 6.23. The molecule has 14 heavy (non-hydrogen) atoms. The summed E-state index contributed by atoms with van der Waals surface area (Å²) in [7, 11) is 1.72. The Morgan fingerprint density at radius 3 is 2.36 bits per heavy atom. The van der Waals surface area contributed by atoms with E-state index in [1.54, 1.807) is 7.11 Å². The molecule has 2 nitrogen and oxygen atoms in total. The minimum absolute atomic E-state index is 0.119. The number of anilines is 1. The van der Waals surface area contributed by atoms with Crippen molar-refractivity contribution < 1.29 is 29.7 Å². The molecule has 0 atom stereocenters. The van der Waals surface area contributed by atoms with Gasteiger partial charge in [0.05, 0.1) is 0 Å². The molecule has 75 valence electrons. The zero-order chi connectivity index (χ0) is 10.8. The maximum absolute atomic E-state index is 5.45. The molecule has 0 saturated carbocycles. The van der Waals surface area contributed by atoms with Crippen LogP contribution in [0, 0.1) is 0 Å². The van der Waals surface area contributed by atoms with Gasteiger partial charge in [0, 0.05) is 0 Å². The molecular weight excluding hydrogens is 253 g/mol. The molecule has 0 spiro atoms. The van der Waals surface area contributed by atoms with Crippen molar-refractivity contribution in [1.29, 1.82) is 0 Å². The van der Waals surface area contributed by atoms with E-state index in [0.29, 0.717) is 0 Å². The molecule has 0 radical (unpaired) electrons. The first-order valence-electron chi connectivity index (χ1n) is 4.61. The molecule has 0 aliphatic heterocycles. The Bertz CT molecular complexity index is 318. The number of rotatable bonds is 2. The number of ether oxygens (including phenoxy) is 1. The van der Waals surface area contributed by atoms with Gasteiger partial charge in [-0.05, 0) is 0 Å². The predicted molar refractivity (Wildman–Crippen MR) is 55.3 cm³/mol. The molecule has 0 unspecified atom stereocenters. The van der Waals surface area contributed by atoms with E-state index in [2.05, 4.69) is 36.2 Å². The van der Waals surface area contributed by atoms with Crippen molar-refractivity contribution in [2.24, 2.45) is 0 Å². The van der Waals surface area contributed by atoms with Crippen LogP contribution in [0.5, 0.6) is 5.75 Å². The van der Waals surface area contributed by atoms with E-state index in [4.69, 9.17) is 4.74 Å². The number of hydrogen-bond acceptors (Lipinski definition) is 2. The number of methoxy groups -OCH3 is 1. The summed E-state index contributed by atoms with van der Waals surface area (Å²) in [5, 5.41) is 0. The van der Waals surface area contributed by atoms with Crippen LogP contribution in [-0.4, -0.2) is 7.11 Å². The second-order valence-corrected chi connectivity index (χ2v) is 4.88. The summed E-state index contributed by atoms with van der Waals surface area (Å²) in [6.45, 7) is 6.58. The van der Waals surface area contributed by atoms with E-state index in [1.807, 2.05) is 6.07 Å². The Labute approximate surface area is 101 Å². The van der Waals surface area contributed by atoms with Crippen LogP contribution in [0.15, 0.2) is 18.2 Å². The Morgan fingerprint density at radius 2 is 1.93 bits per heavy atom. The molecule has 1 aromatic carbocycles. The Morgan fingerprint density at radius 1 is 1.29 bits per heavy atom. The van der Waals surface area contributed by atoms with Crippen LogP contribution in [-0.2, 0) is 30.4 Å². The fraction of sp³-hybridized carbons (Fsp3) is 0.455. The fourth-order valence-corrected chi connectivity index (χ4v) is 1.93. The number of nitrogens with one attached hydrogen (secondary N) is 1. The summed E-state index contributed by atoms with van der Waals surface area (Å²) >= 11 is 1.28. The zero-order valence-electron chi connectivity index (χ0n) is 9.14. The van der Waals surface area contributed by atoms with E-state index >= 15 is 0 Å². The van der Waals surface area contributed by atoms with Gasteiger partial charge in [0.1, 0.15) is 0 Å². The van der Waals surface area contributed by atoms with Gasteiger partial charge in [0.2, 0.25) is 0 Å². The van der Waals surface area contributed by atoms with Crippen LogP contribution in [0.25, 0.3) is 0 Å². The number of hydrogen-bond donors (Lipinski definition) is 1. The van der Waals surface area contributed by atoms with Crippen molar-refractivity contribution in [3.8, 4) is 5.75 Å². The van der Waals surface area contributed by atoms with Gasteiger partial charge >= 0.3 is 102 Å². The second kappa shape index (κ2) is 4.48. The van der Waals surface area contributed by atoms with Gasteiger partial charge < -0.3 is 0 Å². The monoisotopic (exact) mass is 268 g/mol. The molecule has 0 heterocycles. The van der Waals surface area contributed by atoms with Crippen LogP contribution in [0.1, 0.15) is 26.3 Å².